The summed E-state index contributed by atoms with van der Waals surface area (Å²) in [6.45, 7) is 4.47. The summed E-state index contributed by atoms with van der Waals surface area (Å²) >= 11 is 1.52. The molecule has 0 aliphatic carbocycles. The van der Waals surface area contributed by atoms with E-state index in [1.165, 1.54) is 17.3 Å². The van der Waals surface area contributed by atoms with Crippen molar-refractivity contribution in [1.29, 1.82) is 0 Å². The van der Waals surface area contributed by atoms with Gasteiger partial charge in [-0.05, 0) is 49.7 Å². The van der Waals surface area contributed by atoms with E-state index < -0.39 is 0 Å². The van der Waals surface area contributed by atoms with Gasteiger partial charge in [-0.3, -0.25) is 4.79 Å². The van der Waals surface area contributed by atoms with Crippen molar-refractivity contribution in [2.75, 3.05) is 11.9 Å². The smallest absolute Gasteiger partial charge is 0.237 e. The summed E-state index contributed by atoms with van der Waals surface area (Å²) in [5, 5.41) is 3.72. The molecule has 5 heteroatoms. The number of para-hydroxylation sites is 1. The molecule has 124 valence electrons. The number of hydrogen-bond donors (Lipinski definition) is 1. The largest absolute Gasteiger partial charge is 0.494 e. The molecule has 4 nitrogen and oxygen atoms in total. The van der Waals surface area contributed by atoms with E-state index in [0.29, 0.717) is 6.61 Å². The molecule has 3 rings (SSSR count). The standard InChI is InChI=1S/C19H20N2O2S/c1-3-23-16-10-8-15(9-11-16)20-19(22)13(2)24-18-12-14-6-4-5-7-17(14)21-18/h4-11,13H,3,12H2,1-2H3,(H,20,22). The van der Waals surface area contributed by atoms with Crippen LogP contribution in [0.5, 0.6) is 5.75 Å². The molecule has 1 heterocycles. The number of nitrogens with one attached hydrogen (secondary N) is 1. The summed E-state index contributed by atoms with van der Waals surface area (Å²) in [4.78, 5) is 17.0. The minimum Gasteiger partial charge on any atom is -0.494 e. The lowest BCUT2D eigenvalue weighted by Gasteiger charge is -2.12. The lowest BCUT2D eigenvalue weighted by molar-refractivity contribution is -0.115. The Morgan fingerprint density at radius 3 is 2.71 bits per heavy atom. The summed E-state index contributed by atoms with van der Waals surface area (Å²) in [5.41, 5.74) is 3.01. The van der Waals surface area contributed by atoms with E-state index in [-0.39, 0.29) is 11.2 Å². The summed E-state index contributed by atoms with van der Waals surface area (Å²) in [6.07, 6.45) is 0.807. The van der Waals surface area contributed by atoms with E-state index in [0.717, 1.165) is 28.6 Å². The van der Waals surface area contributed by atoms with Gasteiger partial charge in [-0.1, -0.05) is 30.0 Å². The summed E-state index contributed by atoms with van der Waals surface area (Å²) < 4.78 is 5.40. The van der Waals surface area contributed by atoms with Crippen LogP contribution in [0.2, 0.25) is 0 Å². The van der Waals surface area contributed by atoms with E-state index in [1.54, 1.807) is 0 Å². The zero-order valence-corrected chi connectivity index (χ0v) is 14.6. The van der Waals surface area contributed by atoms with E-state index in [9.17, 15) is 4.79 Å². The Labute approximate surface area is 146 Å². The van der Waals surface area contributed by atoms with Gasteiger partial charge in [-0.15, -0.1) is 0 Å². The van der Waals surface area contributed by atoms with Crippen molar-refractivity contribution < 1.29 is 9.53 Å². The molecule has 1 amide bonds. The first kappa shape index (κ1) is 16.6. The highest BCUT2D eigenvalue weighted by atomic mass is 32.2. The van der Waals surface area contributed by atoms with Gasteiger partial charge in [0.25, 0.3) is 0 Å². The number of anilines is 1. The molecule has 0 radical (unpaired) electrons. The van der Waals surface area contributed by atoms with Gasteiger partial charge in [-0.25, -0.2) is 4.99 Å². The number of rotatable bonds is 5. The summed E-state index contributed by atoms with van der Waals surface area (Å²) in [6, 6.07) is 15.5. The molecule has 0 aromatic heterocycles. The number of aliphatic imine (C=N–C) groups is 1. The van der Waals surface area contributed by atoms with Crippen molar-refractivity contribution >= 4 is 34.1 Å². The van der Waals surface area contributed by atoms with Gasteiger partial charge in [-0.2, -0.15) is 0 Å². The van der Waals surface area contributed by atoms with Crippen molar-refractivity contribution in [2.45, 2.75) is 25.5 Å². The number of hydrogen-bond acceptors (Lipinski definition) is 4. The Hall–Kier alpha value is -2.27. The van der Waals surface area contributed by atoms with Gasteiger partial charge < -0.3 is 10.1 Å². The maximum Gasteiger partial charge on any atom is 0.237 e. The van der Waals surface area contributed by atoms with Crippen LogP contribution in [-0.2, 0) is 11.2 Å². The Bertz CT molecular complexity index is 756. The predicted molar refractivity (Wildman–Crippen MR) is 101 cm³/mol. The zero-order valence-electron chi connectivity index (χ0n) is 13.8. The van der Waals surface area contributed by atoms with Crippen LogP contribution in [0.4, 0.5) is 11.4 Å². The van der Waals surface area contributed by atoms with Crippen LogP contribution in [0, 0.1) is 0 Å². The number of fused-ring (bicyclic) bond motifs is 1. The number of thioether (sulfide) groups is 1. The van der Waals surface area contributed by atoms with Gasteiger partial charge in [0, 0.05) is 12.1 Å². The Morgan fingerprint density at radius 1 is 1.25 bits per heavy atom. The third kappa shape index (κ3) is 3.97. The minimum atomic E-state index is -0.204. The van der Waals surface area contributed by atoms with Gasteiger partial charge >= 0.3 is 0 Å². The average molecular weight is 340 g/mol. The molecule has 0 spiro atoms. The first-order valence-electron chi connectivity index (χ1n) is 8.01. The fourth-order valence-corrected chi connectivity index (χ4v) is 3.44. The predicted octanol–water partition coefficient (Wildman–Crippen LogP) is 4.43. The zero-order chi connectivity index (χ0) is 16.9. The van der Waals surface area contributed by atoms with Crippen LogP contribution in [-0.4, -0.2) is 22.8 Å². The second-order valence-corrected chi connectivity index (χ2v) is 6.93. The highest BCUT2D eigenvalue weighted by Crippen LogP contribution is 2.31. The summed E-state index contributed by atoms with van der Waals surface area (Å²) in [7, 11) is 0. The first-order valence-corrected chi connectivity index (χ1v) is 8.89. The van der Waals surface area contributed by atoms with Crippen LogP contribution < -0.4 is 10.1 Å². The average Bonchev–Trinajstić information content (AvgIpc) is 2.99. The second-order valence-electron chi connectivity index (χ2n) is 5.52. The third-order valence-electron chi connectivity index (χ3n) is 3.69. The van der Waals surface area contributed by atoms with Crippen molar-refractivity contribution in [3.63, 3.8) is 0 Å². The molecule has 2 aromatic rings. The minimum absolute atomic E-state index is 0.0252. The highest BCUT2D eigenvalue weighted by molar-refractivity contribution is 8.15. The van der Waals surface area contributed by atoms with Crippen LogP contribution in [0.25, 0.3) is 0 Å². The van der Waals surface area contributed by atoms with Crippen molar-refractivity contribution in [3.8, 4) is 5.75 Å². The molecular weight excluding hydrogens is 320 g/mol. The van der Waals surface area contributed by atoms with Gasteiger partial charge in [0.05, 0.1) is 22.6 Å². The van der Waals surface area contributed by atoms with Crippen LogP contribution in [0.1, 0.15) is 19.4 Å². The fourth-order valence-electron chi connectivity index (χ4n) is 2.48. The van der Waals surface area contributed by atoms with Crippen LogP contribution in [0.15, 0.2) is 53.5 Å². The topological polar surface area (TPSA) is 50.7 Å². The maximum atomic E-state index is 12.4. The van der Waals surface area contributed by atoms with E-state index >= 15 is 0 Å². The van der Waals surface area contributed by atoms with E-state index in [2.05, 4.69) is 16.4 Å². The Morgan fingerprint density at radius 2 is 2.00 bits per heavy atom. The molecule has 1 aliphatic rings. The molecule has 0 saturated carbocycles. The fraction of sp³-hybridized carbons (Fsp3) is 0.263. The normalized spacial score (nSPS) is 13.8. The molecule has 1 atom stereocenters. The Balaban J connectivity index is 1.56. The molecule has 0 fully saturated rings. The van der Waals surface area contributed by atoms with Crippen molar-refractivity contribution in [2.24, 2.45) is 4.99 Å². The van der Waals surface area contributed by atoms with E-state index in [4.69, 9.17) is 4.74 Å². The van der Waals surface area contributed by atoms with Gasteiger partial charge in [0.1, 0.15) is 5.75 Å². The molecule has 0 bridgehead atoms. The van der Waals surface area contributed by atoms with Crippen molar-refractivity contribution in [3.05, 3.63) is 54.1 Å². The van der Waals surface area contributed by atoms with Gasteiger partial charge in [0.2, 0.25) is 5.91 Å². The number of ether oxygens (including phenoxy) is 1. The van der Waals surface area contributed by atoms with Crippen LogP contribution in [0.3, 0.4) is 0 Å². The number of amides is 1. The highest BCUT2D eigenvalue weighted by Gasteiger charge is 2.21. The molecule has 1 unspecified atom stereocenters. The third-order valence-corrected chi connectivity index (χ3v) is 4.77. The number of nitrogens with zero attached hydrogens (tertiary/aromatic N) is 1. The molecule has 1 N–H and O–H groups in total. The van der Waals surface area contributed by atoms with Gasteiger partial charge in [0.15, 0.2) is 0 Å². The number of carbonyl (C=O) groups is 1. The molecule has 24 heavy (non-hydrogen) atoms. The number of benzene rings is 2. The maximum absolute atomic E-state index is 12.4. The summed E-state index contributed by atoms with van der Waals surface area (Å²) in [5.74, 6) is 0.777. The monoisotopic (exact) mass is 340 g/mol. The van der Waals surface area contributed by atoms with Crippen LogP contribution >= 0.6 is 11.8 Å². The second kappa shape index (κ2) is 7.53. The molecule has 2 aromatic carbocycles. The quantitative estimate of drug-likeness (QED) is 0.876. The molecule has 0 saturated heterocycles. The van der Waals surface area contributed by atoms with Crippen molar-refractivity contribution in [1.82, 2.24) is 0 Å². The Kier molecular flexibility index (Phi) is 5.20. The first-order chi connectivity index (χ1) is 11.7. The lowest BCUT2D eigenvalue weighted by Crippen LogP contribution is -2.23. The van der Waals surface area contributed by atoms with E-state index in [1.807, 2.05) is 56.3 Å². The lowest BCUT2D eigenvalue weighted by atomic mass is 10.2. The molecular formula is C19H20N2O2S. The molecule has 1 aliphatic heterocycles. The number of carbonyl (C=O) groups excluding carboxylic acids is 1. The SMILES string of the molecule is CCOc1ccc(NC(=O)C(C)SC2=Nc3ccccc3C2)cc1.